The number of nitrogens with zero attached hydrogens (tertiary/aromatic N) is 7. The smallest absolute Gasteiger partial charge is 0.229 e. The molecule has 0 unspecified atom stereocenters. The largest absolute Gasteiger partial charge is 0.381 e. The highest BCUT2D eigenvalue weighted by Gasteiger charge is 2.19. The Labute approximate surface area is 213 Å². The van der Waals surface area contributed by atoms with Crippen molar-refractivity contribution < 1.29 is 13.9 Å². The van der Waals surface area contributed by atoms with Gasteiger partial charge < -0.3 is 15.0 Å². The second kappa shape index (κ2) is 10.4. The van der Waals surface area contributed by atoms with Gasteiger partial charge in [0.05, 0.1) is 18.4 Å². The number of halogens is 2. The van der Waals surface area contributed by atoms with Crippen LogP contribution in [0.4, 0.5) is 20.5 Å². The summed E-state index contributed by atoms with van der Waals surface area (Å²) in [6, 6.07) is 6.81. The third kappa shape index (κ3) is 5.29. The maximum absolute atomic E-state index is 14.9. The number of nitrogens with one attached hydrogen (secondary N) is 1. The number of aliphatic hydroxyl groups is 1. The van der Waals surface area contributed by atoms with Crippen molar-refractivity contribution in [2.75, 3.05) is 38.2 Å². The van der Waals surface area contributed by atoms with Crippen LogP contribution in [0.1, 0.15) is 31.3 Å². The van der Waals surface area contributed by atoms with Crippen molar-refractivity contribution in [1.82, 2.24) is 34.3 Å². The van der Waals surface area contributed by atoms with Gasteiger partial charge in [0.25, 0.3) is 0 Å². The summed E-state index contributed by atoms with van der Waals surface area (Å²) in [6.07, 6.45) is 2.85. The molecule has 9 nitrogen and oxygen atoms in total. The van der Waals surface area contributed by atoms with Gasteiger partial charge in [0, 0.05) is 50.5 Å². The number of aromatic nitrogens is 5. The van der Waals surface area contributed by atoms with Crippen LogP contribution >= 0.6 is 0 Å². The molecule has 0 radical (unpaired) electrons. The minimum absolute atomic E-state index is 0.00824. The van der Waals surface area contributed by atoms with Gasteiger partial charge in [-0.2, -0.15) is 0 Å². The summed E-state index contributed by atoms with van der Waals surface area (Å²) in [4.78, 5) is 21.5. The summed E-state index contributed by atoms with van der Waals surface area (Å²) in [5.74, 6) is 0.180. The van der Waals surface area contributed by atoms with E-state index in [1.54, 1.807) is 12.3 Å². The number of imidazole rings is 1. The lowest BCUT2D eigenvalue weighted by Gasteiger charge is -2.33. The summed E-state index contributed by atoms with van der Waals surface area (Å²) >= 11 is 0. The molecule has 1 aromatic carbocycles. The van der Waals surface area contributed by atoms with Gasteiger partial charge in [-0.15, -0.1) is 0 Å². The van der Waals surface area contributed by atoms with Gasteiger partial charge in [-0.05, 0) is 44.5 Å². The molecule has 1 aliphatic rings. The lowest BCUT2D eigenvalue weighted by atomic mass is 10.1. The Morgan fingerprint density at radius 3 is 2.41 bits per heavy atom. The first kappa shape index (κ1) is 25.1. The molecule has 0 amide bonds. The zero-order valence-corrected chi connectivity index (χ0v) is 21.1. The maximum Gasteiger partial charge on any atom is 0.229 e. The summed E-state index contributed by atoms with van der Waals surface area (Å²) in [6.45, 7) is 10.1. The van der Waals surface area contributed by atoms with E-state index in [2.05, 4.69) is 30.2 Å². The molecule has 37 heavy (non-hydrogen) atoms. The number of aliphatic hydroxyl groups excluding tert-OH is 1. The third-order valence-corrected chi connectivity index (χ3v) is 6.59. The van der Waals surface area contributed by atoms with Crippen LogP contribution in [0.5, 0.6) is 0 Å². The average molecular weight is 509 g/mol. The second-order valence-electron chi connectivity index (χ2n) is 9.55. The van der Waals surface area contributed by atoms with E-state index in [1.165, 1.54) is 6.07 Å². The predicted molar refractivity (Wildman–Crippen MR) is 137 cm³/mol. The van der Waals surface area contributed by atoms with E-state index in [0.29, 0.717) is 22.7 Å². The van der Waals surface area contributed by atoms with Crippen molar-refractivity contribution in [2.24, 2.45) is 0 Å². The Kier molecular flexibility index (Phi) is 7.09. The molecule has 1 aliphatic heterocycles. The van der Waals surface area contributed by atoms with E-state index < -0.39 is 11.6 Å². The number of fused-ring (bicyclic) bond motifs is 1. The first-order chi connectivity index (χ1) is 17.8. The normalized spacial score (nSPS) is 15.1. The van der Waals surface area contributed by atoms with Crippen LogP contribution in [0.2, 0.25) is 0 Å². The fourth-order valence-corrected chi connectivity index (χ4v) is 4.74. The van der Waals surface area contributed by atoms with Crippen molar-refractivity contribution in [1.29, 1.82) is 0 Å². The average Bonchev–Trinajstić information content (AvgIpc) is 3.23. The van der Waals surface area contributed by atoms with Crippen molar-refractivity contribution in [3.05, 3.63) is 59.7 Å². The van der Waals surface area contributed by atoms with E-state index in [9.17, 15) is 13.9 Å². The van der Waals surface area contributed by atoms with Gasteiger partial charge in [-0.1, -0.05) is 6.07 Å². The van der Waals surface area contributed by atoms with Crippen LogP contribution in [0.15, 0.2) is 36.7 Å². The second-order valence-corrected chi connectivity index (χ2v) is 9.55. The Hall–Kier alpha value is -3.54. The molecule has 1 saturated heterocycles. The van der Waals surface area contributed by atoms with Crippen molar-refractivity contribution >= 4 is 22.8 Å². The van der Waals surface area contributed by atoms with Gasteiger partial charge in [-0.3, -0.25) is 9.80 Å². The standard InChI is InChI=1S/C26H30F2N8O/c1-16(2)36-17(3)31-25-20(27)10-19(11-22(25)36)24-21(28)13-30-26(33-24)32-23-5-4-18(12-29-23)14-34-6-8-35(15-37)9-7-34/h4-5,10-13,16,37H,6-9,14-15H2,1-3H3,(H,29,30,32,33). The minimum Gasteiger partial charge on any atom is -0.381 e. The molecule has 11 heteroatoms. The maximum atomic E-state index is 14.9. The number of piperazine rings is 1. The Morgan fingerprint density at radius 1 is 0.973 bits per heavy atom. The molecule has 0 atom stereocenters. The number of aryl methyl sites for hydroxylation is 1. The molecule has 3 aromatic heterocycles. The van der Waals surface area contributed by atoms with Gasteiger partial charge in [0.2, 0.25) is 5.95 Å². The number of hydrogen-bond acceptors (Lipinski definition) is 8. The molecular weight excluding hydrogens is 478 g/mol. The highest BCUT2D eigenvalue weighted by molar-refractivity contribution is 5.83. The molecular formula is C26H30F2N8O. The fraction of sp³-hybridized carbons (Fsp3) is 0.385. The number of anilines is 2. The van der Waals surface area contributed by atoms with Gasteiger partial charge >= 0.3 is 0 Å². The SMILES string of the molecule is Cc1nc2c(F)cc(-c3nc(Nc4ccc(CN5CCN(CO)CC5)cn4)ncc3F)cc2n1C(C)C. The lowest BCUT2D eigenvalue weighted by molar-refractivity contribution is 0.0517. The highest BCUT2D eigenvalue weighted by atomic mass is 19.1. The van der Waals surface area contributed by atoms with E-state index >= 15 is 0 Å². The zero-order chi connectivity index (χ0) is 26.1. The molecule has 4 aromatic rings. The minimum atomic E-state index is -0.652. The summed E-state index contributed by atoms with van der Waals surface area (Å²) in [5.41, 5.74) is 2.20. The van der Waals surface area contributed by atoms with Crippen LogP contribution in [0, 0.1) is 18.6 Å². The summed E-state index contributed by atoms with van der Waals surface area (Å²) in [5, 5.41) is 12.3. The van der Waals surface area contributed by atoms with Crippen LogP contribution in [-0.4, -0.2) is 72.3 Å². The molecule has 2 N–H and O–H groups in total. The van der Waals surface area contributed by atoms with E-state index in [4.69, 9.17) is 0 Å². The Bertz CT molecular complexity index is 1400. The first-order valence-corrected chi connectivity index (χ1v) is 12.3. The van der Waals surface area contributed by atoms with Crippen LogP contribution in [-0.2, 0) is 6.54 Å². The lowest BCUT2D eigenvalue weighted by Crippen LogP contribution is -2.46. The molecule has 0 aliphatic carbocycles. The van der Waals surface area contributed by atoms with Crippen LogP contribution in [0.25, 0.3) is 22.3 Å². The molecule has 0 saturated carbocycles. The highest BCUT2D eigenvalue weighted by Crippen LogP contribution is 2.30. The van der Waals surface area contributed by atoms with Gasteiger partial charge in [-0.25, -0.2) is 28.7 Å². The molecule has 194 valence electrons. The zero-order valence-electron chi connectivity index (χ0n) is 21.1. The van der Waals surface area contributed by atoms with E-state index in [-0.39, 0.29) is 29.9 Å². The number of rotatable bonds is 7. The summed E-state index contributed by atoms with van der Waals surface area (Å²) in [7, 11) is 0. The molecule has 5 rings (SSSR count). The number of hydrogen-bond donors (Lipinski definition) is 2. The van der Waals surface area contributed by atoms with Crippen LogP contribution in [0.3, 0.4) is 0 Å². The first-order valence-electron chi connectivity index (χ1n) is 12.3. The van der Waals surface area contributed by atoms with Crippen molar-refractivity contribution in [3.63, 3.8) is 0 Å². The summed E-state index contributed by atoms with van der Waals surface area (Å²) < 4.78 is 31.6. The molecule has 4 heterocycles. The third-order valence-electron chi connectivity index (χ3n) is 6.59. The Morgan fingerprint density at radius 2 is 1.73 bits per heavy atom. The molecule has 1 fully saturated rings. The fourth-order valence-electron chi connectivity index (χ4n) is 4.74. The predicted octanol–water partition coefficient (Wildman–Crippen LogP) is 3.87. The van der Waals surface area contributed by atoms with E-state index in [1.807, 2.05) is 42.4 Å². The van der Waals surface area contributed by atoms with Crippen LogP contribution < -0.4 is 5.32 Å². The number of pyridine rings is 1. The molecule has 0 bridgehead atoms. The van der Waals surface area contributed by atoms with Crippen molar-refractivity contribution in [3.8, 4) is 11.3 Å². The quantitative estimate of drug-likeness (QED) is 0.389. The molecule has 0 spiro atoms. The van der Waals surface area contributed by atoms with E-state index in [0.717, 1.165) is 44.5 Å². The Balaban J connectivity index is 1.35. The van der Waals surface area contributed by atoms with Gasteiger partial charge in [0.1, 0.15) is 22.9 Å². The van der Waals surface area contributed by atoms with Gasteiger partial charge in [0.15, 0.2) is 11.6 Å². The topological polar surface area (TPSA) is 95.2 Å². The number of benzene rings is 1. The monoisotopic (exact) mass is 508 g/mol. The van der Waals surface area contributed by atoms with Crippen molar-refractivity contribution in [2.45, 2.75) is 33.4 Å².